The molecule has 0 radical (unpaired) electrons. The highest BCUT2D eigenvalue weighted by Crippen LogP contribution is 2.02. The summed E-state index contributed by atoms with van der Waals surface area (Å²) in [5.74, 6) is -1.46. The number of aliphatic carboxylic acids is 1. The van der Waals surface area contributed by atoms with Gasteiger partial charge >= 0.3 is 11.9 Å². The monoisotopic (exact) mass is 237 g/mol. The molecule has 0 fully saturated rings. The number of carbonyl (C=O) groups is 2. The van der Waals surface area contributed by atoms with E-state index in [1.807, 2.05) is 6.92 Å². The molecule has 88 valence electrons. The van der Waals surface area contributed by atoms with Gasteiger partial charge in [-0.05, 0) is 24.6 Å². The molecular formula is C9H16ClNO4. The number of carbonyl (C=O) groups excluding carboxylic acids is 1. The second-order valence-electron chi connectivity index (χ2n) is 3.12. The maximum Gasteiger partial charge on any atom is 0.324 e. The van der Waals surface area contributed by atoms with Crippen molar-refractivity contribution >= 4 is 23.7 Å². The number of unbranched alkanes of at least 4 members (excludes halogenated alkanes) is 1. The summed E-state index contributed by atoms with van der Waals surface area (Å²) in [6, 6.07) is -0.750. The van der Waals surface area contributed by atoms with Gasteiger partial charge in [-0.3, -0.25) is 9.59 Å². The van der Waals surface area contributed by atoms with Crippen molar-refractivity contribution in [1.82, 2.24) is 4.84 Å². The minimum atomic E-state index is -0.965. The topological polar surface area (TPSA) is 75.6 Å². The fourth-order valence-corrected chi connectivity index (χ4v) is 1.10. The van der Waals surface area contributed by atoms with Gasteiger partial charge < -0.3 is 9.84 Å². The third-order valence-electron chi connectivity index (χ3n) is 1.81. The van der Waals surface area contributed by atoms with Gasteiger partial charge in [0, 0.05) is 6.42 Å². The smallest absolute Gasteiger partial charge is 0.324 e. The van der Waals surface area contributed by atoms with Crippen molar-refractivity contribution in [3.05, 3.63) is 0 Å². The molecule has 2 N–H and O–H groups in total. The fourth-order valence-electron chi connectivity index (χ4n) is 0.902. The molecule has 5 nitrogen and oxygen atoms in total. The van der Waals surface area contributed by atoms with Crippen LogP contribution in [0.15, 0.2) is 0 Å². The van der Waals surface area contributed by atoms with Crippen molar-refractivity contribution in [3.8, 4) is 0 Å². The third-order valence-corrected chi connectivity index (χ3v) is 2.07. The van der Waals surface area contributed by atoms with Crippen molar-refractivity contribution < 1.29 is 19.4 Å². The molecule has 0 saturated heterocycles. The lowest BCUT2D eigenvalue weighted by Crippen LogP contribution is -2.33. The van der Waals surface area contributed by atoms with E-state index in [4.69, 9.17) is 21.6 Å². The highest BCUT2D eigenvalue weighted by molar-refractivity contribution is 6.14. The van der Waals surface area contributed by atoms with Crippen molar-refractivity contribution in [1.29, 1.82) is 0 Å². The average Bonchev–Trinajstić information content (AvgIpc) is 2.18. The van der Waals surface area contributed by atoms with Crippen LogP contribution in [0.1, 0.15) is 32.6 Å². The highest BCUT2D eigenvalue weighted by Gasteiger charge is 2.19. The Kier molecular flexibility index (Phi) is 8.04. The Bertz CT molecular complexity index is 210. The van der Waals surface area contributed by atoms with E-state index in [9.17, 15) is 9.59 Å². The van der Waals surface area contributed by atoms with E-state index in [1.165, 1.54) is 0 Å². The summed E-state index contributed by atoms with van der Waals surface area (Å²) < 4.78 is 4.89. The van der Waals surface area contributed by atoms with E-state index in [0.717, 1.165) is 12.8 Å². The van der Waals surface area contributed by atoms with E-state index in [1.54, 1.807) is 0 Å². The number of halogens is 1. The predicted octanol–water partition coefficient (Wildman–Crippen LogP) is 1.31. The first kappa shape index (κ1) is 14.2. The molecular weight excluding hydrogens is 222 g/mol. The standard InChI is InChI=1S/C9H16ClNO4/c1-2-3-6-15-9(14)7(11-10)4-5-8(12)13/h7,11H,2-6H2,1H3,(H,12,13)/t7-/m0/s1. The number of carboxylic acids is 1. The minimum absolute atomic E-state index is 0.118. The number of rotatable bonds is 8. The summed E-state index contributed by atoms with van der Waals surface area (Å²) in [5, 5.41) is 8.43. The van der Waals surface area contributed by atoms with Crippen molar-refractivity contribution in [2.45, 2.75) is 38.6 Å². The van der Waals surface area contributed by atoms with Gasteiger partial charge in [0.05, 0.1) is 6.61 Å². The number of hydrogen-bond acceptors (Lipinski definition) is 4. The fraction of sp³-hybridized carbons (Fsp3) is 0.778. The summed E-state index contributed by atoms with van der Waals surface area (Å²) in [6.07, 6.45) is 1.73. The molecule has 0 aromatic carbocycles. The number of carboxylic acid groups (broad SMARTS) is 1. The predicted molar refractivity (Wildman–Crippen MR) is 55.5 cm³/mol. The summed E-state index contributed by atoms with van der Waals surface area (Å²) in [6.45, 7) is 2.33. The Morgan fingerprint density at radius 2 is 2.20 bits per heavy atom. The zero-order valence-corrected chi connectivity index (χ0v) is 9.42. The van der Waals surface area contributed by atoms with Crippen LogP contribution < -0.4 is 4.84 Å². The molecule has 0 heterocycles. The summed E-state index contributed by atoms with van der Waals surface area (Å²) >= 11 is 5.31. The van der Waals surface area contributed by atoms with Gasteiger partial charge in [-0.15, -0.1) is 0 Å². The Morgan fingerprint density at radius 1 is 1.53 bits per heavy atom. The molecule has 6 heteroatoms. The van der Waals surface area contributed by atoms with Gasteiger partial charge in [-0.1, -0.05) is 13.3 Å². The van der Waals surface area contributed by atoms with Crippen LogP contribution in [0, 0.1) is 0 Å². The lowest BCUT2D eigenvalue weighted by molar-refractivity contribution is -0.146. The van der Waals surface area contributed by atoms with E-state index in [2.05, 4.69) is 4.84 Å². The normalized spacial score (nSPS) is 12.1. The van der Waals surface area contributed by atoms with Crippen LogP contribution in [0.2, 0.25) is 0 Å². The molecule has 0 saturated carbocycles. The molecule has 0 aromatic heterocycles. The summed E-state index contributed by atoms with van der Waals surface area (Å²) in [7, 11) is 0. The largest absolute Gasteiger partial charge is 0.481 e. The number of ether oxygens (including phenoxy) is 1. The van der Waals surface area contributed by atoms with E-state index >= 15 is 0 Å². The SMILES string of the molecule is CCCCOC(=O)[C@H](CCC(=O)O)NCl. The van der Waals surface area contributed by atoms with E-state index in [-0.39, 0.29) is 12.8 Å². The Morgan fingerprint density at radius 3 is 2.67 bits per heavy atom. The van der Waals surface area contributed by atoms with Crippen LogP contribution in [0.3, 0.4) is 0 Å². The molecule has 0 spiro atoms. The maximum absolute atomic E-state index is 11.3. The molecule has 0 rings (SSSR count). The Balaban J connectivity index is 3.82. The molecule has 0 bridgehead atoms. The van der Waals surface area contributed by atoms with Crippen LogP contribution >= 0.6 is 11.8 Å². The molecule has 0 aliphatic carbocycles. The average molecular weight is 238 g/mol. The molecule has 0 aliphatic rings. The lowest BCUT2D eigenvalue weighted by atomic mass is 10.2. The Labute approximate surface area is 93.9 Å². The van der Waals surface area contributed by atoms with Gasteiger partial charge in [0.15, 0.2) is 0 Å². The molecule has 1 atom stereocenters. The van der Waals surface area contributed by atoms with E-state index < -0.39 is 18.0 Å². The lowest BCUT2D eigenvalue weighted by Gasteiger charge is -2.12. The molecule has 0 aromatic rings. The van der Waals surface area contributed by atoms with Gasteiger partial charge in [0.2, 0.25) is 0 Å². The van der Waals surface area contributed by atoms with Crippen LogP contribution in [-0.2, 0) is 14.3 Å². The molecule has 0 aliphatic heterocycles. The van der Waals surface area contributed by atoms with Crippen LogP contribution in [0.5, 0.6) is 0 Å². The molecule has 0 amide bonds. The first-order valence-corrected chi connectivity index (χ1v) is 5.24. The first-order chi connectivity index (χ1) is 7.11. The second-order valence-corrected chi connectivity index (χ2v) is 3.33. The van der Waals surface area contributed by atoms with Crippen LogP contribution in [-0.4, -0.2) is 29.7 Å². The number of nitrogens with one attached hydrogen (secondary N) is 1. The maximum atomic E-state index is 11.3. The van der Waals surface area contributed by atoms with Crippen molar-refractivity contribution in [2.75, 3.05) is 6.61 Å². The number of hydrogen-bond donors (Lipinski definition) is 2. The number of esters is 1. The molecule has 15 heavy (non-hydrogen) atoms. The summed E-state index contributed by atoms with van der Waals surface area (Å²) in [5.41, 5.74) is 0. The van der Waals surface area contributed by atoms with Crippen molar-refractivity contribution in [3.63, 3.8) is 0 Å². The second kappa shape index (κ2) is 8.49. The zero-order chi connectivity index (χ0) is 11.7. The molecule has 0 unspecified atom stereocenters. The van der Waals surface area contributed by atoms with Crippen LogP contribution in [0.4, 0.5) is 0 Å². The van der Waals surface area contributed by atoms with E-state index in [0.29, 0.717) is 6.61 Å². The van der Waals surface area contributed by atoms with Crippen molar-refractivity contribution in [2.24, 2.45) is 0 Å². The van der Waals surface area contributed by atoms with Gasteiger partial charge in [0.25, 0.3) is 0 Å². The summed E-state index contributed by atoms with van der Waals surface area (Å²) in [4.78, 5) is 23.8. The third kappa shape index (κ3) is 7.16. The van der Waals surface area contributed by atoms with Crippen LogP contribution in [0.25, 0.3) is 0 Å². The zero-order valence-electron chi connectivity index (χ0n) is 8.66. The van der Waals surface area contributed by atoms with Gasteiger partial charge in [0.1, 0.15) is 6.04 Å². The quantitative estimate of drug-likeness (QED) is 0.378. The first-order valence-electron chi connectivity index (χ1n) is 4.86. The van der Waals surface area contributed by atoms with Gasteiger partial charge in [-0.25, -0.2) is 4.84 Å². The highest BCUT2D eigenvalue weighted by atomic mass is 35.5. The minimum Gasteiger partial charge on any atom is -0.481 e. The van der Waals surface area contributed by atoms with Gasteiger partial charge in [-0.2, -0.15) is 0 Å². The Hall–Kier alpha value is -0.810.